The molecule has 12 nitrogen and oxygen atoms in total. The molecule has 3 amide bonds. The molecule has 4 aromatic rings. The van der Waals surface area contributed by atoms with Gasteiger partial charge in [0, 0.05) is 53.8 Å². The number of amides is 3. The maximum Gasteiger partial charge on any atom is 0.410 e. The Balaban J connectivity index is 1.42. The van der Waals surface area contributed by atoms with Gasteiger partial charge < -0.3 is 30.1 Å². The molecule has 0 unspecified atom stereocenters. The Labute approximate surface area is 285 Å². The average Bonchev–Trinajstić information content (AvgIpc) is 3.49. The molecule has 5 rings (SSSR count). The number of methoxy groups -OCH3 is 1. The second kappa shape index (κ2) is 14.8. The van der Waals surface area contributed by atoms with Gasteiger partial charge in [0.15, 0.2) is 0 Å². The molecule has 0 saturated carbocycles. The molecule has 0 radical (unpaired) electrons. The van der Waals surface area contributed by atoms with Gasteiger partial charge in [-0.2, -0.15) is 0 Å². The SMILES string of the molecule is COc1nc(-c2ccnc(-c3cccc(NC(=O)c4cc(CO)ccn4)c3C)c2C)ccc1CN(C[C@@H]1CCC(=O)N1)C(=O)OC(C)(C)C. The van der Waals surface area contributed by atoms with Gasteiger partial charge in [-0.25, -0.2) is 9.78 Å². The van der Waals surface area contributed by atoms with Gasteiger partial charge in [0.1, 0.15) is 11.3 Å². The van der Waals surface area contributed by atoms with Crippen molar-refractivity contribution in [3.8, 4) is 28.4 Å². The summed E-state index contributed by atoms with van der Waals surface area (Å²) in [6.45, 7) is 9.60. The van der Waals surface area contributed by atoms with Crippen molar-refractivity contribution < 1.29 is 29.0 Å². The van der Waals surface area contributed by atoms with E-state index >= 15 is 0 Å². The van der Waals surface area contributed by atoms with Crippen LogP contribution < -0.4 is 15.4 Å². The molecule has 4 heterocycles. The number of aliphatic hydroxyl groups excluding tert-OH is 1. The fourth-order valence-corrected chi connectivity index (χ4v) is 5.73. The van der Waals surface area contributed by atoms with Crippen LogP contribution in [0.1, 0.15) is 66.4 Å². The van der Waals surface area contributed by atoms with E-state index in [1.807, 2.05) is 71.0 Å². The van der Waals surface area contributed by atoms with E-state index in [0.29, 0.717) is 47.8 Å². The van der Waals surface area contributed by atoms with Gasteiger partial charge >= 0.3 is 6.09 Å². The second-order valence-corrected chi connectivity index (χ2v) is 13.0. The van der Waals surface area contributed by atoms with Crippen LogP contribution in [0.25, 0.3) is 22.5 Å². The van der Waals surface area contributed by atoms with Crippen molar-refractivity contribution in [2.45, 2.75) is 72.3 Å². The molecular formula is C37H42N6O6. The summed E-state index contributed by atoms with van der Waals surface area (Å²) in [5, 5.41) is 15.3. The normalized spacial score (nSPS) is 14.3. The van der Waals surface area contributed by atoms with Gasteiger partial charge in [0.25, 0.3) is 5.91 Å². The summed E-state index contributed by atoms with van der Waals surface area (Å²) in [7, 11) is 1.54. The van der Waals surface area contributed by atoms with Crippen molar-refractivity contribution in [1.29, 1.82) is 0 Å². The Morgan fingerprint density at radius 2 is 1.82 bits per heavy atom. The number of ether oxygens (including phenoxy) is 2. The van der Waals surface area contributed by atoms with E-state index in [1.165, 1.54) is 13.3 Å². The third-order valence-corrected chi connectivity index (χ3v) is 8.23. The van der Waals surface area contributed by atoms with Crippen LogP contribution >= 0.6 is 0 Å². The Morgan fingerprint density at radius 3 is 2.51 bits per heavy atom. The molecule has 1 aliphatic heterocycles. The van der Waals surface area contributed by atoms with Crippen LogP contribution in [0.3, 0.4) is 0 Å². The largest absolute Gasteiger partial charge is 0.481 e. The number of nitrogens with one attached hydrogen (secondary N) is 2. The molecule has 0 aliphatic carbocycles. The number of rotatable bonds is 10. The Morgan fingerprint density at radius 1 is 1.04 bits per heavy atom. The first kappa shape index (κ1) is 35.0. The Hall–Kier alpha value is -5.36. The van der Waals surface area contributed by atoms with Gasteiger partial charge in [-0.15, -0.1) is 0 Å². The molecule has 1 atom stereocenters. The quantitative estimate of drug-likeness (QED) is 0.196. The lowest BCUT2D eigenvalue weighted by molar-refractivity contribution is -0.119. The first-order valence-electron chi connectivity index (χ1n) is 16.1. The van der Waals surface area contributed by atoms with Crippen molar-refractivity contribution in [2.75, 3.05) is 19.0 Å². The maximum absolute atomic E-state index is 13.2. The molecule has 256 valence electrons. The standard InChI is InChI=1S/C37H42N6O6/c1-22-28(8-7-9-29(22)41-34(46)31-18-24(21-44)14-16-38-31)33-23(2)27(15-17-39-33)30-12-10-25(35(42-30)48-6)19-43(36(47)49-37(3,4)5)20-26-11-13-32(45)40-26/h7-10,12,14-18,26,44H,11,13,19-21H2,1-6H3,(H,40,45)(H,41,46)/t26-/m0/s1. The Bertz CT molecular complexity index is 1870. The highest BCUT2D eigenvalue weighted by atomic mass is 16.6. The van der Waals surface area contributed by atoms with Crippen LogP contribution in [0.5, 0.6) is 5.88 Å². The van der Waals surface area contributed by atoms with Crippen LogP contribution in [-0.2, 0) is 22.7 Å². The van der Waals surface area contributed by atoms with E-state index in [2.05, 4.69) is 15.6 Å². The lowest BCUT2D eigenvalue weighted by Gasteiger charge is -2.29. The molecule has 1 fully saturated rings. The van der Waals surface area contributed by atoms with Gasteiger partial charge in [-0.1, -0.05) is 12.1 Å². The topological polar surface area (TPSA) is 156 Å². The monoisotopic (exact) mass is 666 g/mol. The highest BCUT2D eigenvalue weighted by Crippen LogP contribution is 2.35. The molecule has 1 aromatic carbocycles. The summed E-state index contributed by atoms with van der Waals surface area (Å²) in [5.74, 6) is -0.0547. The van der Waals surface area contributed by atoms with E-state index in [-0.39, 0.29) is 36.7 Å². The number of nitrogens with zero attached hydrogens (tertiary/aromatic N) is 4. The van der Waals surface area contributed by atoms with Gasteiger partial charge in [-0.3, -0.25) is 19.6 Å². The summed E-state index contributed by atoms with van der Waals surface area (Å²) >= 11 is 0. The van der Waals surface area contributed by atoms with E-state index in [4.69, 9.17) is 19.4 Å². The number of aromatic nitrogens is 3. The zero-order valence-electron chi connectivity index (χ0n) is 28.7. The van der Waals surface area contributed by atoms with Gasteiger partial charge in [0.05, 0.1) is 31.6 Å². The minimum atomic E-state index is -0.691. The number of pyridine rings is 3. The number of hydrogen-bond acceptors (Lipinski definition) is 9. The third-order valence-electron chi connectivity index (χ3n) is 8.23. The molecule has 0 spiro atoms. The number of anilines is 1. The summed E-state index contributed by atoms with van der Waals surface area (Å²) in [6.07, 6.45) is 3.79. The third kappa shape index (κ3) is 8.39. The van der Waals surface area contributed by atoms with Crippen molar-refractivity contribution in [3.05, 3.63) is 88.9 Å². The van der Waals surface area contributed by atoms with Gasteiger partial charge in [-0.05, 0) is 94.1 Å². The fourth-order valence-electron chi connectivity index (χ4n) is 5.73. The minimum absolute atomic E-state index is 0.0293. The molecular weight excluding hydrogens is 624 g/mol. The van der Waals surface area contributed by atoms with E-state index < -0.39 is 11.7 Å². The highest BCUT2D eigenvalue weighted by molar-refractivity contribution is 6.04. The van der Waals surface area contributed by atoms with Crippen LogP contribution in [0.15, 0.2) is 60.9 Å². The second-order valence-electron chi connectivity index (χ2n) is 13.0. The summed E-state index contributed by atoms with van der Waals surface area (Å²) in [5.41, 5.74) is 6.17. The molecule has 3 N–H and O–H groups in total. The maximum atomic E-state index is 13.2. The van der Waals surface area contributed by atoms with Crippen molar-refractivity contribution in [2.24, 2.45) is 0 Å². The number of benzene rings is 1. The highest BCUT2D eigenvalue weighted by Gasteiger charge is 2.29. The molecule has 0 bridgehead atoms. The summed E-state index contributed by atoms with van der Waals surface area (Å²) in [6, 6.07) is 14.3. The lowest BCUT2D eigenvalue weighted by Crippen LogP contribution is -2.43. The molecule has 49 heavy (non-hydrogen) atoms. The fraction of sp³-hybridized carbons (Fsp3) is 0.351. The van der Waals surface area contributed by atoms with Crippen molar-refractivity contribution in [3.63, 3.8) is 0 Å². The molecule has 1 aliphatic rings. The Kier molecular flexibility index (Phi) is 10.6. The number of aliphatic hydroxyl groups is 1. The molecule has 12 heteroatoms. The number of carbonyl (C=O) groups excluding carboxylic acids is 3. The summed E-state index contributed by atoms with van der Waals surface area (Å²) < 4.78 is 11.4. The lowest BCUT2D eigenvalue weighted by atomic mass is 9.96. The average molecular weight is 667 g/mol. The smallest absolute Gasteiger partial charge is 0.410 e. The predicted octanol–water partition coefficient (Wildman–Crippen LogP) is 5.59. The van der Waals surface area contributed by atoms with Crippen LogP contribution in [0.2, 0.25) is 0 Å². The van der Waals surface area contributed by atoms with Crippen molar-refractivity contribution in [1.82, 2.24) is 25.2 Å². The van der Waals surface area contributed by atoms with Crippen molar-refractivity contribution >= 4 is 23.6 Å². The van der Waals surface area contributed by atoms with Crippen LogP contribution in [0.4, 0.5) is 10.5 Å². The van der Waals surface area contributed by atoms with E-state index in [9.17, 15) is 19.5 Å². The predicted molar refractivity (Wildman–Crippen MR) is 185 cm³/mol. The van der Waals surface area contributed by atoms with E-state index in [1.54, 1.807) is 23.2 Å². The molecule has 3 aromatic heterocycles. The summed E-state index contributed by atoms with van der Waals surface area (Å²) in [4.78, 5) is 53.3. The number of carbonyl (C=O) groups is 3. The van der Waals surface area contributed by atoms with Crippen LogP contribution in [-0.4, -0.2) is 68.2 Å². The number of hydrogen-bond donors (Lipinski definition) is 3. The van der Waals surface area contributed by atoms with Gasteiger partial charge in [0.2, 0.25) is 11.8 Å². The first-order chi connectivity index (χ1) is 23.4. The first-order valence-corrected chi connectivity index (χ1v) is 16.1. The zero-order chi connectivity index (χ0) is 35.3. The zero-order valence-corrected chi connectivity index (χ0v) is 28.7. The van der Waals surface area contributed by atoms with Crippen LogP contribution in [0, 0.1) is 13.8 Å². The van der Waals surface area contributed by atoms with E-state index in [0.717, 1.165) is 27.9 Å². The minimum Gasteiger partial charge on any atom is -0.481 e. The molecule has 1 saturated heterocycles.